The largest absolute Gasteiger partial charge is 0.493 e. The highest BCUT2D eigenvalue weighted by atomic mass is 32.2. The Bertz CT molecular complexity index is 1390. The van der Waals surface area contributed by atoms with E-state index in [-0.39, 0.29) is 23.0 Å². The number of rotatable bonds is 7. The van der Waals surface area contributed by atoms with Crippen molar-refractivity contribution in [1.82, 2.24) is 14.5 Å². The third-order valence-corrected chi connectivity index (χ3v) is 6.64. The molecule has 0 radical (unpaired) electrons. The molecule has 0 bridgehead atoms. The zero-order chi connectivity index (χ0) is 23.5. The van der Waals surface area contributed by atoms with E-state index >= 15 is 0 Å². The summed E-state index contributed by atoms with van der Waals surface area (Å²) in [5, 5.41) is 0.900. The number of carbonyl (C=O) groups is 1. The summed E-state index contributed by atoms with van der Waals surface area (Å²) in [7, 11) is 3.01. The maximum Gasteiger partial charge on any atom is 0.359 e. The van der Waals surface area contributed by atoms with Crippen molar-refractivity contribution in [2.75, 3.05) is 26.6 Å². The number of fused-ring (bicyclic) bond motifs is 1. The molecule has 4 rings (SSSR count). The lowest BCUT2D eigenvalue weighted by molar-refractivity contribution is 0.0516. The van der Waals surface area contributed by atoms with Gasteiger partial charge in [-0.1, -0.05) is 29.5 Å². The molecule has 2 aromatic carbocycles. The van der Waals surface area contributed by atoms with E-state index in [1.165, 1.54) is 18.8 Å². The molecule has 33 heavy (non-hydrogen) atoms. The molecule has 9 nitrogen and oxygen atoms in total. The Morgan fingerprint density at radius 2 is 1.82 bits per heavy atom. The second-order valence-electron chi connectivity index (χ2n) is 6.61. The first kappa shape index (κ1) is 22.6. The quantitative estimate of drug-likeness (QED) is 0.309. The Kier molecular flexibility index (Phi) is 6.52. The molecule has 0 aliphatic heterocycles. The molecule has 0 unspecified atom stereocenters. The summed E-state index contributed by atoms with van der Waals surface area (Å²) in [5.74, 6) is 0.275. The Balaban J connectivity index is 1.96. The van der Waals surface area contributed by atoms with E-state index in [1.807, 2.05) is 18.2 Å². The molecule has 2 aromatic heterocycles. The van der Waals surface area contributed by atoms with Crippen LogP contribution < -0.4 is 20.8 Å². The van der Waals surface area contributed by atoms with Crippen LogP contribution in [0.4, 0.5) is 5.13 Å². The molecule has 0 atom stereocenters. The van der Waals surface area contributed by atoms with Crippen LogP contribution in [0.25, 0.3) is 16.6 Å². The van der Waals surface area contributed by atoms with Crippen LogP contribution in [0.3, 0.4) is 0 Å². The summed E-state index contributed by atoms with van der Waals surface area (Å²) in [6.07, 6.45) is 0. The lowest BCUT2D eigenvalue weighted by atomic mass is 10.2. The number of thiazole rings is 1. The predicted molar refractivity (Wildman–Crippen MR) is 127 cm³/mol. The van der Waals surface area contributed by atoms with Gasteiger partial charge in [0.05, 0.1) is 37.4 Å². The van der Waals surface area contributed by atoms with Crippen LogP contribution >= 0.6 is 23.1 Å². The van der Waals surface area contributed by atoms with Gasteiger partial charge in [0.2, 0.25) is 0 Å². The van der Waals surface area contributed by atoms with E-state index in [0.29, 0.717) is 37.5 Å². The number of hydrogen-bond donors (Lipinski definition) is 1. The van der Waals surface area contributed by atoms with Crippen molar-refractivity contribution in [2.45, 2.75) is 16.3 Å². The Hall–Kier alpha value is -3.57. The van der Waals surface area contributed by atoms with Crippen LogP contribution in [0.2, 0.25) is 0 Å². The normalized spacial score (nSPS) is 10.9. The fraction of sp³-hybridized carbons (Fsp3) is 0.182. The Labute approximate surface area is 197 Å². The fourth-order valence-electron chi connectivity index (χ4n) is 3.17. The topological polar surface area (TPSA) is 119 Å². The van der Waals surface area contributed by atoms with E-state index in [9.17, 15) is 9.59 Å². The number of para-hydroxylation sites is 1. The van der Waals surface area contributed by atoms with Crippen molar-refractivity contribution in [1.29, 1.82) is 0 Å². The molecule has 11 heteroatoms. The number of carbonyl (C=O) groups excluding carboxylic acids is 1. The molecule has 0 spiro atoms. The number of anilines is 1. The summed E-state index contributed by atoms with van der Waals surface area (Å²) in [5.41, 5.74) is 6.69. The highest BCUT2D eigenvalue weighted by Gasteiger charge is 2.23. The van der Waals surface area contributed by atoms with Gasteiger partial charge in [-0.3, -0.25) is 9.36 Å². The molecule has 2 heterocycles. The summed E-state index contributed by atoms with van der Waals surface area (Å²) < 4.78 is 17.8. The third kappa shape index (κ3) is 4.37. The zero-order valence-electron chi connectivity index (χ0n) is 18.0. The zero-order valence-corrected chi connectivity index (χ0v) is 19.7. The minimum absolute atomic E-state index is 0.0885. The number of nitrogens with zero attached hydrogens (tertiary/aromatic N) is 3. The number of aromatic nitrogens is 3. The van der Waals surface area contributed by atoms with E-state index in [4.69, 9.17) is 24.9 Å². The molecule has 2 N–H and O–H groups in total. The minimum atomic E-state index is -0.589. The number of esters is 1. The molecule has 0 aliphatic carbocycles. The standard InChI is InChI=1S/C22H20N4O5S2/c1-4-31-19(28)17-20(32-21(23)25-17)33-22-24-14-11-16(30-3)15(29-2)10-13(14)18(27)26(22)12-8-6-5-7-9-12/h5-11H,4H2,1-3H3,(H2,23,25). The van der Waals surface area contributed by atoms with Crippen molar-refractivity contribution >= 4 is 45.1 Å². The highest BCUT2D eigenvalue weighted by Crippen LogP contribution is 2.38. The number of methoxy groups -OCH3 is 2. The first-order chi connectivity index (χ1) is 16.0. The van der Waals surface area contributed by atoms with Gasteiger partial charge in [-0.25, -0.2) is 14.8 Å². The SMILES string of the molecule is CCOC(=O)c1nc(N)sc1Sc1nc2cc(OC)c(OC)cc2c(=O)n1-c1ccccc1. The molecule has 0 aliphatic rings. The molecule has 4 aromatic rings. The van der Waals surface area contributed by atoms with E-state index in [1.54, 1.807) is 31.2 Å². The van der Waals surface area contributed by atoms with Gasteiger partial charge in [0.15, 0.2) is 27.5 Å². The van der Waals surface area contributed by atoms with Gasteiger partial charge in [0.1, 0.15) is 4.21 Å². The van der Waals surface area contributed by atoms with Crippen molar-refractivity contribution < 1.29 is 19.0 Å². The second-order valence-corrected chi connectivity index (χ2v) is 8.87. The third-order valence-electron chi connectivity index (χ3n) is 4.62. The van der Waals surface area contributed by atoms with Crippen LogP contribution in [-0.2, 0) is 4.74 Å². The maximum atomic E-state index is 13.6. The Morgan fingerprint density at radius 1 is 1.12 bits per heavy atom. The molecule has 170 valence electrons. The van der Waals surface area contributed by atoms with E-state index in [2.05, 4.69) is 4.98 Å². The van der Waals surface area contributed by atoms with Crippen LogP contribution in [0.1, 0.15) is 17.4 Å². The summed E-state index contributed by atoms with van der Waals surface area (Å²) in [4.78, 5) is 34.8. The number of ether oxygens (including phenoxy) is 3. The lowest BCUT2D eigenvalue weighted by Gasteiger charge is -2.14. The van der Waals surface area contributed by atoms with Crippen molar-refractivity contribution in [3.8, 4) is 17.2 Å². The maximum absolute atomic E-state index is 13.6. The van der Waals surface area contributed by atoms with Crippen molar-refractivity contribution in [3.05, 3.63) is 58.5 Å². The molecular formula is C22H20N4O5S2. The number of nitrogens with two attached hydrogens (primary N) is 1. The lowest BCUT2D eigenvalue weighted by Crippen LogP contribution is -2.22. The predicted octanol–water partition coefficient (Wildman–Crippen LogP) is 3.77. The van der Waals surface area contributed by atoms with Gasteiger partial charge in [-0.2, -0.15) is 0 Å². The van der Waals surface area contributed by atoms with Gasteiger partial charge >= 0.3 is 5.97 Å². The summed E-state index contributed by atoms with van der Waals surface area (Å²) in [6.45, 7) is 1.91. The highest BCUT2D eigenvalue weighted by molar-refractivity contribution is 8.01. The number of benzene rings is 2. The van der Waals surface area contributed by atoms with E-state index in [0.717, 1.165) is 23.1 Å². The minimum Gasteiger partial charge on any atom is -0.493 e. The monoisotopic (exact) mass is 484 g/mol. The average molecular weight is 485 g/mol. The van der Waals surface area contributed by atoms with Gasteiger partial charge in [0, 0.05) is 6.07 Å². The van der Waals surface area contributed by atoms with Crippen LogP contribution in [0.5, 0.6) is 11.5 Å². The Morgan fingerprint density at radius 3 is 2.48 bits per heavy atom. The molecular weight excluding hydrogens is 464 g/mol. The summed E-state index contributed by atoms with van der Waals surface area (Å²) >= 11 is 2.24. The van der Waals surface area contributed by atoms with Gasteiger partial charge < -0.3 is 19.9 Å². The van der Waals surface area contributed by atoms with Crippen LogP contribution in [0.15, 0.2) is 56.6 Å². The number of hydrogen-bond acceptors (Lipinski definition) is 10. The van der Waals surface area contributed by atoms with E-state index < -0.39 is 5.97 Å². The van der Waals surface area contributed by atoms with Gasteiger partial charge in [0.25, 0.3) is 5.56 Å². The summed E-state index contributed by atoms with van der Waals surface area (Å²) in [6, 6.07) is 12.3. The van der Waals surface area contributed by atoms with Crippen molar-refractivity contribution in [3.63, 3.8) is 0 Å². The fourth-order valence-corrected chi connectivity index (χ4v) is 5.18. The van der Waals surface area contributed by atoms with Gasteiger partial charge in [-0.05, 0) is 36.9 Å². The first-order valence-electron chi connectivity index (χ1n) is 9.82. The second kappa shape index (κ2) is 9.51. The smallest absolute Gasteiger partial charge is 0.359 e. The first-order valence-corrected chi connectivity index (χ1v) is 11.5. The van der Waals surface area contributed by atoms with Crippen LogP contribution in [0, 0.1) is 0 Å². The van der Waals surface area contributed by atoms with Crippen molar-refractivity contribution in [2.24, 2.45) is 0 Å². The van der Waals surface area contributed by atoms with Gasteiger partial charge in [-0.15, -0.1) is 0 Å². The molecule has 0 saturated heterocycles. The number of nitrogen functional groups attached to an aromatic ring is 1. The molecule has 0 amide bonds. The van der Waals surface area contributed by atoms with Crippen LogP contribution in [-0.4, -0.2) is 41.3 Å². The molecule has 0 saturated carbocycles. The average Bonchev–Trinajstić information content (AvgIpc) is 3.19. The molecule has 0 fully saturated rings.